The zero-order valence-electron chi connectivity index (χ0n) is 19.3. The van der Waals surface area contributed by atoms with Gasteiger partial charge in [-0.15, -0.1) is 0 Å². The van der Waals surface area contributed by atoms with Crippen LogP contribution in [0, 0.1) is 0 Å². The van der Waals surface area contributed by atoms with Crippen LogP contribution in [0.25, 0.3) is 0 Å². The number of benzene rings is 1. The number of amides is 2. The number of halogens is 1. The summed E-state index contributed by atoms with van der Waals surface area (Å²) in [4.78, 5) is 33.7. The van der Waals surface area contributed by atoms with E-state index in [1.165, 1.54) is 24.5 Å². The van der Waals surface area contributed by atoms with Gasteiger partial charge in [0.05, 0.1) is 12.8 Å². The van der Waals surface area contributed by atoms with Gasteiger partial charge in [0.1, 0.15) is 11.8 Å². The Morgan fingerprint density at radius 3 is 2.42 bits per heavy atom. The number of methoxy groups -OCH3 is 1. The molecule has 0 radical (unpaired) electrons. The summed E-state index contributed by atoms with van der Waals surface area (Å²) in [5.74, 6) is 1.51. The molecule has 0 bridgehead atoms. The highest BCUT2D eigenvalue weighted by Crippen LogP contribution is 2.47. The molecule has 1 aromatic rings. The monoisotopic (exact) mass is 472 g/mol. The second-order valence-electron chi connectivity index (χ2n) is 9.63. The van der Waals surface area contributed by atoms with Gasteiger partial charge in [-0.05, 0) is 49.3 Å². The molecule has 2 amide bonds. The summed E-state index contributed by atoms with van der Waals surface area (Å²) < 4.78 is 5.67. The van der Waals surface area contributed by atoms with Gasteiger partial charge in [-0.25, -0.2) is 0 Å². The molecule has 178 valence electrons. The number of ether oxygens (including phenoxy) is 1. The van der Waals surface area contributed by atoms with E-state index in [0.717, 1.165) is 75.1 Å². The van der Waals surface area contributed by atoms with E-state index in [4.69, 9.17) is 16.3 Å². The van der Waals surface area contributed by atoms with Crippen LogP contribution < -0.4 is 9.64 Å². The van der Waals surface area contributed by atoms with Crippen molar-refractivity contribution in [2.45, 2.75) is 43.7 Å². The maximum Gasteiger partial charge on any atom is 0.246 e. The average molecular weight is 473 g/mol. The van der Waals surface area contributed by atoms with Crippen molar-refractivity contribution < 1.29 is 14.3 Å². The Hall–Kier alpha value is -2.25. The third-order valence-electron chi connectivity index (χ3n) is 7.65. The molecular weight excluding hydrogens is 440 g/mol. The molecule has 1 aliphatic carbocycles. The minimum Gasteiger partial charge on any atom is -0.495 e. The standard InChI is InChI=1S/C25H33ClN4O3/c1-3-24(31)29-15-18(16-29)27-9-11-28(12-10-27)25(32)21-5-4-8-30(21)22-13-19(17-6-7-17)20(26)14-23(22)33-2/h3,13-14,17-18,21H,1,4-12,15-16H2,2H3. The van der Waals surface area contributed by atoms with Gasteiger partial charge in [-0.2, -0.15) is 0 Å². The molecule has 5 rings (SSSR count). The van der Waals surface area contributed by atoms with Gasteiger partial charge in [0.15, 0.2) is 0 Å². The number of hydrogen-bond acceptors (Lipinski definition) is 5. The number of piperazine rings is 1. The van der Waals surface area contributed by atoms with Crippen LogP contribution in [0.1, 0.15) is 37.2 Å². The van der Waals surface area contributed by atoms with Gasteiger partial charge in [0.2, 0.25) is 11.8 Å². The lowest BCUT2D eigenvalue weighted by atomic mass is 10.1. The quantitative estimate of drug-likeness (QED) is 0.596. The first kappa shape index (κ1) is 22.5. The predicted molar refractivity (Wildman–Crippen MR) is 129 cm³/mol. The molecule has 3 saturated heterocycles. The zero-order valence-corrected chi connectivity index (χ0v) is 20.1. The van der Waals surface area contributed by atoms with Crippen LogP contribution in [-0.4, -0.2) is 91.5 Å². The number of nitrogens with zero attached hydrogens (tertiary/aromatic N) is 4. The van der Waals surface area contributed by atoms with Gasteiger partial charge in [0.25, 0.3) is 0 Å². The van der Waals surface area contributed by atoms with Crippen LogP contribution in [0.5, 0.6) is 5.75 Å². The zero-order chi connectivity index (χ0) is 23.1. The van der Waals surface area contributed by atoms with E-state index in [0.29, 0.717) is 12.0 Å². The Balaban J connectivity index is 1.23. The number of likely N-dealkylation sites (tertiary alicyclic amines) is 1. The lowest BCUT2D eigenvalue weighted by molar-refractivity contribution is -0.137. The summed E-state index contributed by atoms with van der Waals surface area (Å²) in [6, 6.07) is 4.33. The smallest absolute Gasteiger partial charge is 0.246 e. The van der Waals surface area contributed by atoms with Crippen molar-refractivity contribution in [1.82, 2.24) is 14.7 Å². The third kappa shape index (κ3) is 4.33. The molecule has 0 aromatic heterocycles. The van der Waals surface area contributed by atoms with E-state index in [9.17, 15) is 9.59 Å². The fourth-order valence-electron chi connectivity index (χ4n) is 5.48. The number of rotatable bonds is 6. The molecule has 4 fully saturated rings. The van der Waals surface area contributed by atoms with Crippen molar-refractivity contribution in [2.75, 3.05) is 57.8 Å². The number of carbonyl (C=O) groups excluding carboxylic acids is 2. The van der Waals surface area contributed by atoms with Gasteiger partial charge in [0, 0.05) is 62.9 Å². The summed E-state index contributed by atoms with van der Waals surface area (Å²) in [6.07, 6.45) is 5.60. The molecule has 33 heavy (non-hydrogen) atoms. The maximum absolute atomic E-state index is 13.6. The fourth-order valence-corrected chi connectivity index (χ4v) is 5.79. The van der Waals surface area contributed by atoms with E-state index in [2.05, 4.69) is 22.4 Å². The van der Waals surface area contributed by atoms with E-state index < -0.39 is 0 Å². The van der Waals surface area contributed by atoms with Crippen LogP contribution in [-0.2, 0) is 9.59 Å². The molecule has 1 aromatic carbocycles. The van der Waals surface area contributed by atoms with Gasteiger partial charge < -0.3 is 19.4 Å². The molecule has 1 atom stereocenters. The van der Waals surface area contributed by atoms with Crippen molar-refractivity contribution >= 4 is 29.1 Å². The SMILES string of the molecule is C=CC(=O)N1CC(N2CCN(C(=O)C3CCCN3c3cc(C4CC4)c(Cl)cc3OC)CC2)C1. The molecule has 0 N–H and O–H groups in total. The Kier molecular flexibility index (Phi) is 6.27. The average Bonchev–Trinajstić information content (AvgIpc) is 3.53. The molecule has 8 heteroatoms. The van der Waals surface area contributed by atoms with Crippen LogP contribution in [0.2, 0.25) is 5.02 Å². The first-order valence-electron chi connectivity index (χ1n) is 12.1. The summed E-state index contributed by atoms with van der Waals surface area (Å²) in [7, 11) is 1.67. The molecule has 1 saturated carbocycles. The van der Waals surface area contributed by atoms with Crippen molar-refractivity contribution in [3.05, 3.63) is 35.4 Å². The van der Waals surface area contributed by atoms with Crippen LogP contribution >= 0.6 is 11.6 Å². The summed E-state index contributed by atoms with van der Waals surface area (Å²) in [5.41, 5.74) is 2.18. The summed E-state index contributed by atoms with van der Waals surface area (Å²) >= 11 is 6.53. The Morgan fingerprint density at radius 2 is 1.79 bits per heavy atom. The molecular formula is C25H33ClN4O3. The Labute approximate surface area is 200 Å². The highest BCUT2D eigenvalue weighted by Gasteiger charge is 2.39. The van der Waals surface area contributed by atoms with E-state index in [1.54, 1.807) is 7.11 Å². The maximum atomic E-state index is 13.6. The minimum atomic E-state index is -0.150. The van der Waals surface area contributed by atoms with Crippen LogP contribution in [0.4, 0.5) is 5.69 Å². The second kappa shape index (κ2) is 9.18. The predicted octanol–water partition coefficient (Wildman–Crippen LogP) is 2.74. The topological polar surface area (TPSA) is 56.3 Å². The molecule has 3 aliphatic heterocycles. The Bertz CT molecular complexity index is 936. The minimum absolute atomic E-state index is 0.00357. The first-order valence-corrected chi connectivity index (χ1v) is 12.5. The third-order valence-corrected chi connectivity index (χ3v) is 7.98. The van der Waals surface area contributed by atoms with Crippen molar-refractivity contribution in [3.8, 4) is 5.75 Å². The number of carbonyl (C=O) groups is 2. The molecule has 3 heterocycles. The van der Waals surface area contributed by atoms with Gasteiger partial charge in [-0.1, -0.05) is 18.2 Å². The number of anilines is 1. The molecule has 7 nitrogen and oxygen atoms in total. The van der Waals surface area contributed by atoms with Crippen molar-refractivity contribution in [3.63, 3.8) is 0 Å². The normalized spacial score (nSPS) is 24.1. The Morgan fingerprint density at radius 1 is 1.06 bits per heavy atom. The van der Waals surface area contributed by atoms with Gasteiger partial charge >= 0.3 is 0 Å². The van der Waals surface area contributed by atoms with E-state index >= 15 is 0 Å². The van der Waals surface area contributed by atoms with E-state index in [-0.39, 0.29) is 17.9 Å². The van der Waals surface area contributed by atoms with Crippen LogP contribution in [0.15, 0.2) is 24.8 Å². The largest absolute Gasteiger partial charge is 0.495 e. The lowest BCUT2D eigenvalue weighted by Gasteiger charge is -2.48. The molecule has 0 spiro atoms. The molecule has 1 unspecified atom stereocenters. The lowest BCUT2D eigenvalue weighted by Crippen LogP contribution is -2.64. The summed E-state index contributed by atoms with van der Waals surface area (Å²) in [6.45, 7) is 9.12. The highest BCUT2D eigenvalue weighted by molar-refractivity contribution is 6.31. The highest BCUT2D eigenvalue weighted by atomic mass is 35.5. The summed E-state index contributed by atoms with van der Waals surface area (Å²) in [5, 5.41) is 0.764. The van der Waals surface area contributed by atoms with Crippen molar-refractivity contribution in [1.29, 1.82) is 0 Å². The van der Waals surface area contributed by atoms with Crippen molar-refractivity contribution in [2.24, 2.45) is 0 Å². The number of hydrogen-bond donors (Lipinski definition) is 0. The first-order chi connectivity index (χ1) is 16.0. The fraction of sp³-hybridized carbons (Fsp3) is 0.600. The van der Waals surface area contributed by atoms with Gasteiger partial charge in [-0.3, -0.25) is 14.5 Å². The second-order valence-corrected chi connectivity index (χ2v) is 10.0. The van der Waals surface area contributed by atoms with E-state index in [1.807, 2.05) is 15.9 Å². The van der Waals surface area contributed by atoms with Crippen LogP contribution in [0.3, 0.4) is 0 Å². The molecule has 4 aliphatic rings.